The Morgan fingerprint density at radius 2 is 2.45 bits per heavy atom. The third kappa shape index (κ3) is 0.963. The summed E-state index contributed by atoms with van der Waals surface area (Å²) in [6.07, 6.45) is 0. The molecule has 0 unspecified atom stereocenters. The summed E-state index contributed by atoms with van der Waals surface area (Å²) in [5.74, 6) is 1.20. The summed E-state index contributed by atoms with van der Waals surface area (Å²) < 4.78 is 31.7. The van der Waals surface area contributed by atoms with Crippen LogP contribution in [-0.2, 0) is 0 Å². The van der Waals surface area contributed by atoms with Crippen molar-refractivity contribution in [3.8, 4) is 11.5 Å². The van der Waals surface area contributed by atoms with E-state index >= 15 is 0 Å². The summed E-state index contributed by atoms with van der Waals surface area (Å²) in [5, 5.41) is 0. The van der Waals surface area contributed by atoms with Crippen LogP contribution in [0.5, 0.6) is 11.5 Å². The molecule has 56 valence electrons. The minimum absolute atomic E-state index is 0.122. The maximum Gasteiger partial charge on any atom is 0.231 e. The van der Waals surface area contributed by atoms with E-state index in [1.165, 1.54) is 0 Å². The monoisotopic (exact) mass is 151 g/mol. The Morgan fingerprint density at radius 3 is 3.36 bits per heavy atom. The summed E-state index contributed by atoms with van der Waals surface area (Å²) in [4.78, 5) is 0. The Labute approximate surface area is 69.3 Å². The predicted octanol–water partition coefficient (Wildman–Crippen LogP) is 2.06. The summed E-state index contributed by atoms with van der Waals surface area (Å²) in [7, 11) is 0. The molecule has 1 aromatic rings. The topological polar surface area (TPSA) is 18.5 Å². The van der Waals surface area contributed by atoms with Crippen LogP contribution in [0.1, 0.15) is 9.68 Å². The van der Waals surface area contributed by atoms with E-state index in [0.717, 1.165) is 0 Å². The fourth-order valence-corrected chi connectivity index (χ4v) is 0.974. The van der Waals surface area contributed by atoms with Crippen LogP contribution in [0.15, 0.2) is 24.7 Å². The van der Waals surface area contributed by atoms with Crippen LogP contribution in [-0.4, -0.2) is 6.79 Å². The van der Waals surface area contributed by atoms with Gasteiger partial charge in [0.2, 0.25) is 6.79 Å². The second kappa shape index (κ2) is 2.31. The maximum absolute atomic E-state index is 7.44. The van der Waals surface area contributed by atoms with Gasteiger partial charge in [0.1, 0.15) is 0 Å². The van der Waals surface area contributed by atoms with Crippen molar-refractivity contribution in [3.63, 3.8) is 0 Å². The molecule has 2 nitrogen and oxygen atoms in total. The van der Waals surface area contributed by atoms with E-state index in [9.17, 15) is 0 Å². The molecule has 0 amide bonds. The van der Waals surface area contributed by atoms with Crippen molar-refractivity contribution < 1.29 is 13.6 Å². The van der Waals surface area contributed by atoms with Gasteiger partial charge in [0, 0.05) is 0 Å². The van der Waals surface area contributed by atoms with E-state index < -0.39 is 6.53 Å². The standard InChI is InChI=1S/C9H8O2/c1-2-7-3-4-8-9(5-7)11-6-10-8/h2-5H,1,6H2/i1D2,2D. The number of hydrogen-bond donors (Lipinski definition) is 0. The largest absolute Gasteiger partial charge is 0.454 e. The molecule has 2 heteroatoms. The van der Waals surface area contributed by atoms with E-state index in [0.29, 0.717) is 17.1 Å². The van der Waals surface area contributed by atoms with Crippen molar-refractivity contribution >= 4 is 6.05 Å². The van der Waals surface area contributed by atoms with Gasteiger partial charge < -0.3 is 9.47 Å². The summed E-state index contributed by atoms with van der Waals surface area (Å²) in [6, 6.07) is 4.80. The Bertz CT molecular complexity index is 397. The molecule has 0 spiro atoms. The fourth-order valence-electron chi connectivity index (χ4n) is 0.974. The van der Waals surface area contributed by atoms with Crippen molar-refractivity contribution in [2.45, 2.75) is 0 Å². The predicted molar refractivity (Wildman–Crippen MR) is 42.7 cm³/mol. The van der Waals surface area contributed by atoms with E-state index in [-0.39, 0.29) is 12.8 Å². The van der Waals surface area contributed by atoms with Gasteiger partial charge in [0.15, 0.2) is 11.5 Å². The number of rotatable bonds is 1. The zero-order valence-corrected chi connectivity index (χ0v) is 5.76. The highest BCUT2D eigenvalue weighted by molar-refractivity contribution is 5.55. The van der Waals surface area contributed by atoms with Crippen molar-refractivity contribution in [1.29, 1.82) is 0 Å². The van der Waals surface area contributed by atoms with Gasteiger partial charge in [-0.15, -0.1) is 0 Å². The molecule has 2 rings (SSSR count). The molecular weight excluding hydrogens is 140 g/mol. The van der Waals surface area contributed by atoms with Crippen LogP contribution in [0, 0.1) is 0 Å². The van der Waals surface area contributed by atoms with E-state index in [4.69, 9.17) is 13.6 Å². The van der Waals surface area contributed by atoms with Gasteiger partial charge in [-0.1, -0.05) is 18.6 Å². The maximum atomic E-state index is 7.44. The van der Waals surface area contributed by atoms with Crippen molar-refractivity contribution in [2.75, 3.05) is 6.79 Å². The molecule has 0 fully saturated rings. The molecule has 1 aliphatic heterocycles. The van der Waals surface area contributed by atoms with Gasteiger partial charge in [0.05, 0.1) is 4.11 Å². The van der Waals surface area contributed by atoms with Crippen LogP contribution in [0.25, 0.3) is 6.05 Å². The first-order valence-electron chi connectivity index (χ1n) is 4.72. The Balaban J connectivity index is 2.43. The second-order valence-electron chi connectivity index (χ2n) is 2.19. The van der Waals surface area contributed by atoms with Crippen molar-refractivity contribution in [3.05, 3.63) is 30.3 Å². The molecule has 0 aromatic heterocycles. The summed E-state index contributed by atoms with van der Waals surface area (Å²) in [6.45, 7) is -0.325. The highest BCUT2D eigenvalue weighted by Crippen LogP contribution is 2.32. The third-order valence-corrected chi connectivity index (χ3v) is 1.52. The highest BCUT2D eigenvalue weighted by atomic mass is 16.7. The van der Waals surface area contributed by atoms with Crippen molar-refractivity contribution in [1.82, 2.24) is 0 Å². The first kappa shape index (κ1) is 3.81. The van der Waals surface area contributed by atoms with Crippen LogP contribution < -0.4 is 9.47 Å². The number of fused-ring (bicyclic) bond motifs is 1. The molecule has 0 N–H and O–H groups in total. The highest BCUT2D eigenvalue weighted by Gasteiger charge is 2.11. The quantitative estimate of drug-likeness (QED) is 0.611. The summed E-state index contributed by atoms with van der Waals surface area (Å²) in [5.41, 5.74) is 0.495. The molecule has 0 aliphatic carbocycles. The fraction of sp³-hybridized carbons (Fsp3) is 0.111. The van der Waals surface area contributed by atoms with Crippen LogP contribution in [0.3, 0.4) is 0 Å². The SMILES string of the molecule is [2H]C([2H])=C([2H])c1ccc2c(c1)OCO2. The Hall–Kier alpha value is -1.44. The Morgan fingerprint density at radius 1 is 1.55 bits per heavy atom. The first-order valence-corrected chi connectivity index (χ1v) is 3.22. The molecule has 0 atom stereocenters. The second-order valence-corrected chi connectivity index (χ2v) is 2.19. The molecule has 0 radical (unpaired) electrons. The van der Waals surface area contributed by atoms with Gasteiger partial charge in [-0.3, -0.25) is 0 Å². The van der Waals surface area contributed by atoms with Gasteiger partial charge in [-0.25, -0.2) is 0 Å². The smallest absolute Gasteiger partial charge is 0.231 e. The number of ether oxygens (including phenoxy) is 2. The zero-order chi connectivity index (χ0) is 10.1. The molecule has 11 heavy (non-hydrogen) atoms. The molecule has 0 saturated heterocycles. The number of benzene rings is 1. The molecule has 1 aliphatic rings. The van der Waals surface area contributed by atoms with Gasteiger partial charge in [-0.05, 0) is 17.7 Å². The Kier molecular flexibility index (Phi) is 0.799. The molecule has 1 aromatic carbocycles. The molecular formula is C9H8O2. The van der Waals surface area contributed by atoms with Crippen LogP contribution >= 0.6 is 0 Å². The van der Waals surface area contributed by atoms with E-state index in [1.807, 2.05) is 0 Å². The lowest BCUT2D eigenvalue weighted by Gasteiger charge is -1.95. The third-order valence-electron chi connectivity index (χ3n) is 1.52. The minimum Gasteiger partial charge on any atom is -0.454 e. The zero-order valence-electron chi connectivity index (χ0n) is 8.76. The molecule has 0 bridgehead atoms. The average molecular weight is 151 g/mol. The lowest BCUT2D eigenvalue weighted by Crippen LogP contribution is -1.92. The van der Waals surface area contributed by atoms with Crippen molar-refractivity contribution in [2.24, 2.45) is 0 Å². The lowest BCUT2D eigenvalue weighted by molar-refractivity contribution is 0.174. The van der Waals surface area contributed by atoms with E-state index in [1.54, 1.807) is 18.2 Å². The minimum atomic E-state index is -0.510. The normalized spacial score (nSPS) is 16.5. The lowest BCUT2D eigenvalue weighted by atomic mass is 10.2. The molecule has 1 heterocycles. The average Bonchev–Trinajstić information content (AvgIpc) is 2.62. The summed E-state index contributed by atoms with van der Waals surface area (Å²) >= 11 is 0. The molecule has 0 saturated carbocycles. The van der Waals surface area contributed by atoms with Gasteiger partial charge in [-0.2, -0.15) is 0 Å². The van der Waals surface area contributed by atoms with Crippen LogP contribution in [0.4, 0.5) is 0 Å². The first-order chi connectivity index (χ1) is 6.68. The van der Waals surface area contributed by atoms with E-state index in [2.05, 4.69) is 0 Å². The van der Waals surface area contributed by atoms with Gasteiger partial charge >= 0.3 is 0 Å². The van der Waals surface area contributed by atoms with Crippen LogP contribution in [0.2, 0.25) is 0 Å². The van der Waals surface area contributed by atoms with Gasteiger partial charge in [0.25, 0.3) is 0 Å². The number of hydrogen-bond acceptors (Lipinski definition) is 2.